The number of esters is 1. The largest absolute Gasteiger partial charge is 0.482 e. The van der Waals surface area contributed by atoms with Gasteiger partial charge in [0.05, 0.1) is 4.58 Å². The summed E-state index contributed by atoms with van der Waals surface area (Å²) in [6.45, 7) is 2.92. The van der Waals surface area contributed by atoms with Gasteiger partial charge in [0.25, 0.3) is 5.91 Å². The van der Waals surface area contributed by atoms with Gasteiger partial charge in [0.2, 0.25) is 0 Å². The van der Waals surface area contributed by atoms with E-state index >= 15 is 0 Å². The first-order valence-corrected chi connectivity index (χ1v) is 11.0. The summed E-state index contributed by atoms with van der Waals surface area (Å²) in [5, 5.41) is 6.17. The molecule has 1 aliphatic heterocycles. The number of aryl methyl sites for hydroxylation is 1. The number of carbonyl (C=O) groups is 2. The van der Waals surface area contributed by atoms with Crippen molar-refractivity contribution >= 4 is 41.2 Å². The molecule has 0 radical (unpaired) electrons. The Morgan fingerprint density at radius 1 is 1.29 bits per heavy atom. The number of nitrogens with one attached hydrogen (secondary N) is 1. The number of aromatic nitrogens is 1. The molecule has 9 heteroatoms. The molecule has 2 aromatic rings. The van der Waals surface area contributed by atoms with Gasteiger partial charge in [0.1, 0.15) is 11.5 Å². The van der Waals surface area contributed by atoms with Crippen LogP contribution in [0.3, 0.4) is 0 Å². The Kier molecular flexibility index (Phi) is 7.27. The van der Waals surface area contributed by atoms with E-state index in [4.69, 9.17) is 14.0 Å². The highest BCUT2D eigenvalue weighted by molar-refractivity contribution is 8.16. The Bertz CT molecular complexity index is 803. The number of amides is 1. The van der Waals surface area contributed by atoms with E-state index in [1.165, 1.54) is 30.4 Å². The second-order valence-corrected chi connectivity index (χ2v) is 8.95. The van der Waals surface area contributed by atoms with Gasteiger partial charge in [-0.1, -0.05) is 17.3 Å². The molecule has 0 aliphatic carbocycles. The molecule has 1 aromatic carbocycles. The number of anilines is 1. The van der Waals surface area contributed by atoms with Crippen LogP contribution in [0, 0.1) is 6.92 Å². The molecule has 1 amide bonds. The Morgan fingerprint density at radius 2 is 2.00 bits per heavy atom. The molecule has 1 fully saturated rings. The topological polar surface area (TPSA) is 90.7 Å². The molecular weight excluding hydrogens is 400 g/mol. The van der Waals surface area contributed by atoms with Crippen LogP contribution in [-0.2, 0) is 14.3 Å². The monoisotopic (exact) mass is 422 g/mol. The number of rotatable bonds is 7. The second-order valence-electron chi connectivity index (χ2n) is 6.23. The fourth-order valence-electron chi connectivity index (χ4n) is 2.48. The predicted octanol–water partition coefficient (Wildman–Crippen LogP) is 3.80. The van der Waals surface area contributed by atoms with Crippen LogP contribution < -0.4 is 10.1 Å². The van der Waals surface area contributed by atoms with Gasteiger partial charge in [-0.15, -0.1) is 23.5 Å². The molecule has 3 rings (SSSR count). The highest BCUT2D eigenvalue weighted by Gasteiger charge is 2.20. The quantitative estimate of drug-likeness (QED) is 0.674. The van der Waals surface area contributed by atoms with Crippen molar-refractivity contribution in [2.75, 3.05) is 23.4 Å². The lowest BCUT2D eigenvalue weighted by atomic mass is 10.2. The van der Waals surface area contributed by atoms with Crippen LogP contribution in [0.25, 0.3) is 0 Å². The van der Waals surface area contributed by atoms with Crippen LogP contribution in [0.15, 0.2) is 34.9 Å². The van der Waals surface area contributed by atoms with E-state index < -0.39 is 18.0 Å². The van der Waals surface area contributed by atoms with E-state index in [0.717, 1.165) is 0 Å². The standard InChI is InChI=1S/C19H22N2O5S2/c1-12-10-16(21-26-12)20-18(23)13(2)25-17(22)11-24-15-6-4-14(5-7-15)19-27-8-3-9-28-19/h4-7,10,13,19H,3,8-9,11H2,1-2H3,(H,20,21,23). The van der Waals surface area contributed by atoms with E-state index in [2.05, 4.69) is 10.5 Å². The van der Waals surface area contributed by atoms with E-state index in [1.807, 2.05) is 47.8 Å². The van der Waals surface area contributed by atoms with Gasteiger partial charge in [-0.2, -0.15) is 0 Å². The number of carbonyl (C=O) groups excluding carboxylic acids is 2. The van der Waals surface area contributed by atoms with E-state index in [-0.39, 0.29) is 12.4 Å². The molecule has 1 N–H and O–H groups in total. The number of thioether (sulfide) groups is 2. The zero-order valence-electron chi connectivity index (χ0n) is 15.7. The molecule has 7 nitrogen and oxygen atoms in total. The molecule has 150 valence electrons. The minimum Gasteiger partial charge on any atom is -0.482 e. The van der Waals surface area contributed by atoms with Gasteiger partial charge >= 0.3 is 5.97 Å². The van der Waals surface area contributed by atoms with Gasteiger partial charge < -0.3 is 19.3 Å². The predicted molar refractivity (Wildman–Crippen MR) is 110 cm³/mol. The Balaban J connectivity index is 1.42. The van der Waals surface area contributed by atoms with Crippen LogP contribution in [0.5, 0.6) is 5.75 Å². The lowest BCUT2D eigenvalue weighted by molar-refractivity contribution is -0.155. The summed E-state index contributed by atoms with van der Waals surface area (Å²) in [6, 6.07) is 9.31. The molecule has 0 bridgehead atoms. The summed E-state index contributed by atoms with van der Waals surface area (Å²) < 4.78 is 15.9. The maximum Gasteiger partial charge on any atom is 0.344 e. The van der Waals surface area contributed by atoms with E-state index in [1.54, 1.807) is 13.0 Å². The molecular formula is C19H22N2O5S2. The Morgan fingerprint density at radius 3 is 2.64 bits per heavy atom. The minimum absolute atomic E-state index is 0.271. The number of hydrogen-bond donors (Lipinski definition) is 1. The van der Waals surface area contributed by atoms with Crippen molar-refractivity contribution in [2.24, 2.45) is 0 Å². The van der Waals surface area contributed by atoms with Crippen molar-refractivity contribution in [3.8, 4) is 5.75 Å². The third kappa shape index (κ3) is 5.93. The summed E-state index contributed by atoms with van der Waals surface area (Å²) in [4.78, 5) is 23.9. The van der Waals surface area contributed by atoms with Gasteiger partial charge in [0, 0.05) is 6.07 Å². The molecule has 0 saturated carbocycles. The molecule has 1 saturated heterocycles. The van der Waals surface area contributed by atoms with Gasteiger partial charge in [-0.05, 0) is 49.5 Å². The summed E-state index contributed by atoms with van der Waals surface area (Å²) in [5.41, 5.74) is 1.25. The van der Waals surface area contributed by atoms with Gasteiger partial charge in [0.15, 0.2) is 18.5 Å². The maximum atomic E-state index is 12.0. The van der Waals surface area contributed by atoms with Gasteiger partial charge in [-0.25, -0.2) is 4.79 Å². The molecule has 1 atom stereocenters. The van der Waals surface area contributed by atoms with E-state index in [9.17, 15) is 9.59 Å². The van der Waals surface area contributed by atoms with Crippen LogP contribution >= 0.6 is 23.5 Å². The zero-order valence-corrected chi connectivity index (χ0v) is 17.3. The van der Waals surface area contributed by atoms with Crippen LogP contribution in [0.1, 0.15) is 29.3 Å². The van der Waals surface area contributed by atoms with Crippen LogP contribution in [0.4, 0.5) is 5.82 Å². The molecule has 28 heavy (non-hydrogen) atoms. The number of ether oxygens (including phenoxy) is 2. The van der Waals surface area contributed by atoms with Crippen molar-refractivity contribution in [2.45, 2.75) is 31.0 Å². The molecule has 1 aliphatic rings. The average Bonchev–Trinajstić information content (AvgIpc) is 3.12. The summed E-state index contributed by atoms with van der Waals surface area (Å²) in [6.07, 6.45) is 0.278. The summed E-state index contributed by atoms with van der Waals surface area (Å²) in [7, 11) is 0. The number of hydrogen-bond acceptors (Lipinski definition) is 8. The fraction of sp³-hybridized carbons (Fsp3) is 0.421. The number of nitrogens with zero attached hydrogens (tertiary/aromatic N) is 1. The lowest BCUT2D eigenvalue weighted by Gasteiger charge is -2.21. The Hall–Kier alpha value is -2.13. The van der Waals surface area contributed by atoms with Gasteiger partial charge in [-0.3, -0.25) is 4.79 Å². The lowest BCUT2D eigenvalue weighted by Crippen LogP contribution is -2.31. The molecule has 1 unspecified atom stereocenters. The third-order valence-electron chi connectivity index (χ3n) is 3.89. The highest BCUT2D eigenvalue weighted by Crippen LogP contribution is 2.43. The van der Waals surface area contributed by atoms with Crippen LogP contribution in [-0.4, -0.2) is 41.2 Å². The second kappa shape index (κ2) is 9.88. The van der Waals surface area contributed by atoms with Crippen molar-refractivity contribution in [1.82, 2.24) is 5.16 Å². The smallest absolute Gasteiger partial charge is 0.344 e. The SMILES string of the molecule is Cc1cc(NC(=O)C(C)OC(=O)COc2ccc(C3SCCCS3)cc2)no1. The first-order chi connectivity index (χ1) is 13.5. The van der Waals surface area contributed by atoms with Crippen molar-refractivity contribution < 1.29 is 23.6 Å². The zero-order chi connectivity index (χ0) is 19.9. The van der Waals surface area contributed by atoms with Crippen molar-refractivity contribution in [3.05, 3.63) is 41.7 Å². The third-order valence-corrected chi connectivity index (χ3v) is 6.91. The summed E-state index contributed by atoms with van der Waals surface area (Å²) in [5.74, 6) is 2.68. The minimum atomic E-state index is -0.976. The van der Waals surface area contributed by atoms with E-state index in [0.29, 0.717) is 16.1 Å². The van der Waals surface area contributed by atoms with Crippen LogP contribution in [0.2, 0.25) is 0 Å². The number of benzene rings is 1. The fourth-order valence-corrected chi connectivity index (χ4v) is 5.38. The first-order valence-electron chi connectivity index (χ1n) is 8.91. The Labute approximate surface area is 171 Å². The highest BCUT2D eigenvalue weighted by atomic mass is 32.2. The van der Waals surface area contributed by atoms with Crippen molar-refractivity contribution in [3.63, 3.8) is 0 Å². The molecule has 0 spiro atoms. The normalized spacial score (nSPS) is 15.6. The summed E-state index contributed by atoms with van der Waals surface area (Å²) >= 11 is 3.90. The first kappa shape index (κ1) is 20.6. The molecule has 2 heterocycles. The maximum absolute atomic E-state index is 12.0. The van der Waals surface area contributed by atoms with Crippen molar-refractivity contribution in [1.29, 1.82) is 0 Å². The average molecular weight is 423 g/mol. The molecule has 1 aromatic heterocycles.